The standard InChI is InChI=1S/C18H28N2O/c1-19-17-10-11-20(18-9-5-4-8-16(17)18)13-15(21)12-14-6-2-3-7-14/h4-5,8-9,14-15,17,19,21H,2-3,6-7,10-13H2,1H3. The molecule has 0 saturated heterocycles. The summed E-state index contributed by atoms with van der Waals surface area (Å²) < 4.78 is 0. The first-order chi connectivity index (χ1) is 10.3. The monoisotopic (exact) mass is 288 g/mol. The quantitative estimate of drug-likeness (QED) is 0.874. The van der Waals surface area contributed by atoms with Crippen LogP contribution in [0.3, 0.4) is 0 Å². The number of nitrogens with zero attached hydrogens (tertiary/aromatic N) is 1. The molecule has 0 aromatic heterocycles. The summed E-state index contributed by atoms with van der Waals surface area (Å²) in [6.45, 7) is 1.81. The van der Waals surface area contributed by atoms with Crippen molar-refractivity contribution >= 4 is 5.69 Å². The van der Waals surface area contributed by atoms with Crippen LogP contribution in [0.5, 0.6) is 0 Å². The molecule has 0 bridgehead atoms. The van der Waals surface area contributed by atoms with Crippen LogP contribution in [0.15, 0.2) is 24.3 Å². The van der Waals surface area contributed by atoms with Gasteiger partial charge in [0.15, 0.2) is 0 Å². The van der Waals surface area contributed by atoms with Gasteiger partial charge < -0.3 is 15.3 Å². The van der Waals surface area contributed by atoms with Gasteiger partial charge in [-0.15, -0.1) is 0 Å². The largest absolute Gasteiger partial charge is 0.391 e. The van der Waals surface area contributed by atoms with E-state index in [-0.39, 0.29) is 6.10 Å². The van der Waals surface area contributed by atoms with Crippen molar-refractivity contribution in [3.8, 4) is 0 Å². The second-order valence-corrected chi connectivity index (χ2v) is 6.67. The van der Waals surface area contributed by atoms with Crippen molar-refractivity contribution in [1.29, 1.82) is 0 Å². The smallest absolute Gasteiger partial charge is 0.0717 e. The van der Waals surface area contributed by atoms with Crippen LogP contribution in [0.2, 0.25) is 0 Å². The highest BCUT2D eigenvalue weighted by Gasteiger charge is 2.26. The molecule has 1 aliphatic carbocycles. The molecule has 2 aliphatic rings. The van der Waals surface area contributed by atoms with Crippen molar-refractivity contribution in [1.82, 2.24) is 5.32 Å². The zero-order valence-electron chi connectivity index (χ0n) is 13.1. The van der Waals surface area contributed by atoms with E-state index in [4.69, 9.17) is 0 Å². The SMILES string of the molecule is CNC1CCN(CC(O)CC2CCCC2)c2ccccc21. The van der Waals surface area contributed by atoms with E-state index in [1.165, 1.54) is 36.9 Å². The van der Waals surface area contributed by atoms with Crippen molar-refractivity contribution < 1.29 is 5.11 Å². The fraction of sp³-hybridized carbons (Fsp3) is 0.667. The minimum atomic E-state index is -0.188. The molecule has 1 aliphatic heterocycles. The Balaban J connectivity index is 1.65. The van der Waals surface area contributed by atoms with Gasteiger partial charge in [0.05, 0.1) is 6.10 Å². The van der Waals surface area contributed by atoms with Crippen LogP contribution in [-0.4, -0.2) is 31.3 Å². The maximum absolute atomic E-state index is 10.5. The van der Waals surface area contributed by atoms with Crippen LogP contribution >= 0.6 is 0 Å². The van der Waals surface area contributed by atoms with E-state index in [1.807, 2.05) is 7.05 Å². The Hall–Kier alpha value is -1.06. The van der Waals surface area contributed by atoms with Crippen molar-refractivity contribution in [2.45, 2.75) is 50.7 Å². The van der Waals surface area contributed by atoms with E-state index in [0.717, 1.165) is 31.8 Å². The normalized spacial score (nSPS) is 24.1. The second-order valence-electron chi connectivity index (χ2n) is 6.67. The molecule has 1 heterocycles. The number of rotatable bonds is 5. The van der Waals surface area contributed by atoms with E-state index in [2.05, 4.69) is 34.5 Å². The highest BCUT2D eigenvalue weighted by molar-refractivity contribution is 5.57. The molecule has 2 unspecified atom stereocenters. The van der Waals surface area contributed by atoms with Crippen molar-refractivity contribution in [2.24, 2.45) is 5.92 Å². The third kappa shape index (κ3) is 3.41. The fourth-order valence-corrected chi connectivity index (χ4v) is 4.08. The van der Waals surface area contributed by atoms with Gasteiger partial charge in [0.2, 0.25) is 0 Å². The summed E-state index contributed by atoms with van der Waals surface area (Å²) in [5.74, 6) is 0.755. The lowest BCUT2D eigenvalue weighted by Crippen LogP contribution is -2.39. The Bertz CT molecular complexity index is 456. The highest BCUT2D eigenvalue weighted by atomic mass is 16.3. The average molecular weight is 288 g/mol. The maximum Gasteiger partial charge on any atom is 0.0717 e. The summed E-state index contributed by atoms with van der Waals surface area (Å²) in [6, 6.07) is 9.08. The summed E-state index contributed by atoms with van der Waals surface area (Å²) in [5.41, 5.74) is 2.67. The molecule has 3 nitrogen and oxygen atoms in total. The number of anilines is 1. The number of fused-ring (bicyclic) bond motifs is 1. The van der Waals surface area contributed by atoms with E-state index >= 15 is 0 Å². The third-order valence-electron chi connectivity index (χ3n) is 5.20. The summed E-state index contributed by atoms with van der Waals surface area (Å²) in [6.07, 6.45) is 7.25. The summed E-state index contributed by atoms with van der Waals surface area (Å²) in [5, 5.41) is 13.9. The number of β-amino-alcohol motifs (C(OH)–C–C–N with tert-alkyl or cyclic N) is 1. The van der Waals surface area contributed by atoms with E-state index in [1.54, 1.807) is 0 Å². The number of hydrogen-bond acceptors (Lipinski definition) is 3. The number of aliphatic hydroxyl groups is 1. The van der Waals surface area contributed by atoms with Crippen LogP contribution in [0.25, 0.3) is 0 Å². The molecule has 0 radical (unpaired) electrons. The molecule has 0 amide bonds. The number of hydrogen-bond donors (Lipinski definition) is 2. The molecule has 1 fully saturated rings. The molecule has 116 valence electrons. The Morgan fingerprint density at radius 2 is 2.00 bits per heavy atom. The van der Waals surface area contributed by atoms with E-state index < -0.39 is 0 Å². The molecule has 3 rings (SSSR count). The number of aliphatic hydroxyl groups excluding tert-OH is 1. The molecule has 1 aromatic carbocycles. The highest BCUT2D eigenvalue weighted by Crippen LogP contribution is 2.34. The topological polar surface area (TPSA) is 35.5 Å². The summed E-state index contributed by atoms with van der Waals surface area (Å²) in [4.78, 5) is 2.38. The summed E-state index contributed by atoms with van der Waals surface area (Å²) in [7, 11) is 2.03. The van der Waals surface area contributed by atoms with Crippen LogP contribution in [0.4, 0.5) is 5.69 Å². The minimum absolute atomic E-state index is 0.188. The molecule has 21 heavy (non-hydrogen) atoms. The predicted octanol–water partition coefficient (Wildman–Crippen LogP) is 3.10. The van der Waals surface area contributed by atoms with Gasteiger partial charge in [-0.25, -0.2) is 0 Å². The molecule has 2 N–H and O–H groups in total. The van der Waals surface area contributed by atoms with Gasteiger partial charge in [0.1, 0.15) is 0 Å². The Labute approximate surface area is 128 Å². The molecular formula is C18H28N2O. The third-order valence-corrected chi connectivity index (χ3v) is 5.20. The maximum atomic E-state index is 10.5. The molecule has 0 spiro atoms. The van der Waals surface area contributed by atoms with Gasteiger partial charge in [0, 0.05) is 24.8 Å². The lowest BCUT2D eigenvalue weighted by Gasteiger charge is -2.37. The van der Waals surface area contributed by atoms with Gasteiger partial charge in [-0.3, -0.25) is 0 Å². The van der Waals surface area contributed by atoms with Gasteiger partial charge in [0.25, 0.3) is 0 Å². The van der Waals surface area contributed by atoms with Crippen molar-refractivity contribution in [3.05, 3.63) is 29.8 Å². The minimum Gasteiger partial charge on any atom is -0.391 e. The molecule has 1 aromatic rings. The molecule has 3 heteroatoms. The lowest BCUT2D eigenvalue weighted by molar-refractivity contribution is 0.147. The second kappa shape index (κ2) is 6.80. The first-order valence-corrected chi connectivity index (χ1v) is 8.47. The van der Waals surface area contributed by atoms with Crippen molar-refractivity contribution in [2.75, 3.05) is 25.0 Å². The zero-order valence-corrected chi connectivity index (χ0v) is 13.1. The number of benzene rings is 1. The lowest BCUT2D eigenvalue weighted by atomic mass is 9.95. The average Bonchev–Trinajstić information content (AvgIpc) is 3.00. The van der Waals surface area contributed by atoms with Gasteiger partial charge in [-0.1, -0.05) is 43.9 Å². The van der Waals surface area contributed by atoms with Crippen molar-refractivity contribution in [3.63, 3.8) is 0 Å². The van der Waals surface area contributed by atoms with Gasteiger partial charge in [-0.2, -0.15) is 0 Å². The van der Waals surface area contributed by atoms with Gasteiger partial charge in [-0.05, 0) is 37.4 Å². The van der Waals surface area contributed by atoms with Crippen LogP contribution in [0.1, 0.15) is 50.1 Å². The van der Waals surface area contributed by atoms with Gasteiger partial charge >= 0.3 is 0 Å². The molecule has 2 atom stereocenters. The van der Waals surface area contributed by atoms with Crippen LogP contribution in [0, 0.1) is 5.92 Å². The first-order valence-electron chi connectivity index (χ1n) is 8.47. The number of nitrogens with one attached hydrogen (secondary N) is 1. The Morgan fingerprint density at radius 1 is 1.24 bits per heavy atom. The Kier molecular flexibility index (Phi) is 4.81. The van der Waals surface area contributed by atoms with E-state index in [9.17, 15) is 5.11 Å². The predicted molar refractivity (Wildman–Crippen MR) is 87.7 cm³/mol. The molecular weight excluding hydrogens is 260 g/mol. The fourth-order valence-electron chi connectivity index (χ4n) is 4.08. The van der Waals surface area contributed by atoms with E-state index in [0.29, 0.717) is 6.04 Å². The van der Waals surface area contributed by atoms with Crippen LogP contribution < -0.4 is 10.2 Å². The molecule has 1 saturated carbocycles. The zero-order chi connectivity index (χ0) is 14.7. The first kappa shape index (κ1) is 14.9. The Morgan fingerprint density at radius 3 is 2.76 bits per heavy atom. The van der Waals surface area contributed by atoms with Crippen LogP contribution in [-0.2, 0) is 0 Å². The number of para-hydroxylation sites is 1. The summed E-state index contributed by atoms with van der Waals surface area (Å²) >= 11 is 0.